The molecule has 4 heteroatoms. The van der Waals surface area contributed by atoms with Gasteiger partial charge in [-0.1, -0.05) is 28.8 Å². The monoisotopic (exact) mass is 299 g/mol. The fraction of sp³-hybridized carbons (Fsp3) is 0.538. The van der Waals surface area contributed by atoms with Crippen LogP contribution in [0, 0.1) is 0 Å². The predicted molar refractivity (Wildman–Crippen MR) is 70.9 cm³/mol. The highest BCUT2D eigenvalue weighted by Crippen LogP contribution is 2.30. The summed E-state index contributed by atoms with van der Waals surface area (Å²) >= 11 is 3.47. The molecule has 0 aromatic heterocycles. The molecule has 1 aliphatic rings. The van der Waals surface area contributed by atoms with E-state index in [2.05, 4.69) is 21.2 Å². The Bertz CT molecular complexity index is 389. The number of aromatic hydroxyl groups is 1. The van der Waals surface area contributed by atoms with Crippen LogP contribution >= 0.6 is 15.9 Å². The van der Waals surface area contributed by atoms with Crippen LogP contribution in [0.15, 0.2) is 22.7 Å². The van der Waals surface area contributed by atoms with Crippen LogP contribution < -0.4 is 5.32 Å². The van der Waals surface area contributed by atoms with Crippen molar-refractivity contribution in [3.63, 3.8) is 0 Å². The number of aliphatic hydroxyl groups excluding tert-OH is 1. The SMILES string of the molecule is OCC1(NCc2cc(O)ccc2Br)CCCC1. The minimum Gasteiger partial charge on any atom is -0.508 e. The molecule has 3 N–H and O–H groups in total. The minimum absolute atomic E-state index is 0.120. The maximum atomic E-state index is 9.49. The van der Waals surface area contributed by atoms with Crippen molar-refractivity contribution in [2.45, 2.75) is 37.8 Å². The maximum Gasteiger partial charge on any atom is 0.115 e. The van der Waals surface area contributed by atoms with Gasteiger partial charge in [0.2, 0.25) is 0 Å². The third-order valence-corrected chi connectivity index (χ3v) is 4.32. The van der Waals surface area contributed by atoms with E-state index < -0.39 is 0 Å². The number of hydrogen-bond acceptors (Lipinski definition) is 3. The molecule has 1 aromatic rings. The first-order valence-electron chi connectivity index (χ1n) is 5.98. The molecule has 1 saturated carbocycles. The van der Waals surface area contributed by atoms with Gasteiger partial charge in [-0.3, -0.25) is 0 Å². The second kappa shape index (κ2) is 5.38. The molecule has 0 unspecified atom stereocenters. The van der Waals surface area contributed by atoms with Crippen LogP contribution in [0.1, 0.15) is 31.2 Å². The van der Waals surface area contributed by atoms with Crippen molar-refractivity contribution in [2.24, 2.45) is 0 Å². The van der Waals surface area contributed by atoms with Gasteiger partial charge in [-0.2, -0.15) is 0 Å². The van der Waals surface area contributed by atoms with Crippen molar-refractivity contribution < 1.29 is 10.2 Å². The lowest BCUT2D eigenvalue weighted by Gasteiger charge is -2.28. The van der Waals surface area contributed by atoms with Crippen molar-refractivity contribution in [2.75, 3.05) is 6.61 Å². The van der Waals surface area contributed by atoms with E-state index >= 15 is 0 Å². The van der Waals surface area contributed by atoms with Gasteiger partial charge in [0.05, 0.1) is 6.61 Å². The fourth-order valence-electron chi connectivity index (χ4n) is 2.42. The zero-order chi connectivity index (χ0) is 12.3. The number of phenols is 1. The second-order valence-corrected chi connectivity index (χ2v) is 5.63. The van der Waals surface area contributed by atoms with E-state index in [0.717, 1.165) is 22.9 Å². The Kier molecular flexibility index (Phi) is 4.07. The lowest BCUT2D eigenvalue weighted by Crippen LogP contribution is -2.45. The normalized spacial score (nSPS) is 18.5. The van der Waals surface area contributed by atoms with E-state index in [1.807, 2.05) is 6.07 Å². The molecule has 0 radical (unpaired) electrons. The Balaban J connectivity index is 2.03. The van der Waals surface area contributed by atoms with Gasteiger partial charge in [0, 0.05) is 16.6 Å². The third-order valence-electron chi connectivity index (χ3n) is 3.55. The highest BCUT2D eigenvalue weighted by atomic mass is 79.9. The van der Waals surface area contributed by atoms with Crippen molar-refractivity contribution in [1.82, 2.24) is 5.32 Å². The number of aliphatic hydroxyl groups is 1. The second-order valence-electron chi connectivity index (χ2n) is 4.77. The van der Waals surface area contributed by atoms with Crippen LogP contribution in [0.5, 0.6) is 5.75 Å². The molecule has 0 atom stereocenters. The Hall–Kier alpha value is -0.580. The topological polar surface area (TPSA) is 52.5 Å². The molecule has 1 aromatic carbocycles. The van der Waals surface area contributed by atoms with E-state index in [-0.39, 0.29) is 17.9 Å². The number of nitrogens with one attached hydrogen (secondary N) is 1. The summed E-state index contributed by atoms with van der Waals surface area (Å²) in [7, 11) is 0. The molecule has 17 heavy (non-hydrogen) atoms. The van der Waals surface area contributed by atoms with Gasteiger partial charge in [0.1, 0.15) is 5.75 Å². The van der Waals surface area contributed by atoms with Crippen molar-refractivity contribution >= 4 is 15.9 Å². The van der Waals surface area contributed by atoms with Gasteiger partial charge in [-0.15, -0.1) is 0 Å². The average molecular weight is 300 g/mol. The quantitative estimate of drug-likeness (QED) is 0.801. The van der Waals surface area contributed by atoms with Crippen LogP contribution in [0.4, 0.5) is 0 Å². The first-order valence-corrected chi connectivity index (χ1v) is 6.78. The molecular weight excluding hydrogens is 282 g/mol. The van der Waals surface area contributed by atoms with Gasteiger partial charge >= 0.3 is 0 Å². The molecular formula is C13H18BrNO2. The molecule has 0 bridgehead atoms. The number of hydrogen-bond donors (Lipinski definition) is 3. The van der Waals surface area contributed by atoms with Gasteiger partial charge < -0.3 is 15.5 Å². The summed E-state index contributed by atoms with van der Waals surface area (Å²) in [6.07, 6.45) is 4.41. The van der Waals surface area contributed by atoms with Crippen LogP contribution in [0.2, 0.25) is 0 Å². The molecule has 0 amide bonds. The molecule has 0 spiro atoms. The van der Waals surface area contributed by atoms with Crippen molar-refractivity contribution in [1.29, 1.82) is 0 Å². The highest BCUT2D eigenvalue weighted by molar-refractivity contribution is 9.10. The van der Waals surface area contributed by atoms with Gasteiger partial charge in [-0.05, 0) is 36.6 Å². The highest BCUT2D eigenvalue weighted by Gasteiger charge is 2.32. The van der Waals surface area contributed by atoms with E-state index in [9.17, 15) is 10.2 Å². The first kappa shape index (κ1) is 12.9. The van der Waals surface area contributed by atoms with Crippen molar-refractivity contribution in [3.8, 4) is 5.75 Å². The fourth-order valence-corrected chi connectivity index (χ4v) is 2.81. The predicted octanol–water partition coefficient (Wildman–Crippen LogP) is 2.55. The molecule has 94 valence electrons. The Morgan fingerprint density at radius 2 is 2.00 bits per heavy atom. The van der Waals surface area contributed by atoms with Crippen LogP contribution in [0.3, 0.4) is 0 Å². The van der Waals surface area contributed by atoms with Crippen LogP contribution in [-0.2, 0) is 6.54 Å². The third kappa shape index (κ3) is 3.00. The zero-order valence-corrected chi connectivity index (χ0v) is 11.3. The van der Waals surface area contributed by atoms with Gasteiger partial charge in [0.15, 0.2) is 0 Å². The standard InChI is InChI=1S/C13H18BrNO2/c14-12-4-3-11(17)7-10(12)8-15-13(9-16)5-1-2-6-13/h3-4,7,15-17H,1-2,5-6,8-9H2. The largest absolute Gasteiger partial charge is 0.508 e. The summed E-state index contributed by atoms with van der Waals surface area (Å²) in [5.41, 5.74) is 0.898. The average Bonchev–Trinajstić information content (AvgIpc) is 2.80. The minimum atomic E-state index is -0.120. The first-order chi connectivity index (χ1) is 8.15. The maximum absolute atomic E-state index is 9.49. The van der Waals surface area contributed by atoms with E-state index in [1.165, 1.54) is 12.8 Å². The smallest absolute Gasteiger partial charge is 0.115 e. The summed E-state index contributed by atoms with van der Waals surface area (Å²) < 4.78 is 0.980. The molecule has 3 nitrogen and oxygen atoms in total. The Labute approximate surface area is 110 Å². The molecule has 1 aliphatic carbocycles. The lowest BCUT2D eigenvalue weighted by molar-refractivity contribution is 0.163. The molecule has 0 saturated heterocycles. The Morgan fingerprint density at radius 3 is 2.65 bits per heavy atom. The van der Waals surface area contributed by atoms with E-state index in [0.29, 0.717) is 6.54 Å². The van der Waals surface area contributed by atoms with Gasteiger partial charge in [0.25, 0.3) is 0 Å². The zero-order valence-electron chi connectivity index (χ0n) is 9.75. The number of halogens is 1. The van der Waals surface area contributed by atoms with Crippen molar-refractivity contribution in [3.05, 3.63) is 28.2 Å². The van der Waals surface area contributed by atoms with E-state index in [4.69, 9.17) is 0 Å². The Morgan fingerprint density at radius 1 is 1.29 bits per heavy atom. The van der Waals surface area contributed by atoms with Crippen LogP contribution in [-0.4, -0.2) is 22.4 Å². The summed E-state index contributed by atoms with van der Waals surface area (Å²) in [5, 5.41) is 22.4. The molecule has 0 heterocycles. The molecule has 2 rings (SSSR count). The molecule has 1 fully saturated rings. The van der Waals surface area contributed by atoms with Crippen LogP contribution in [0.25, 0.3) is 0 Å². The summed E-state index contributed by atoms with van der Waals surface area (Å²) in [4.78, 5) is 0. The summed E-state index contributed by atoms with van der Waals surface area (Å²) in [5.74, 6) is 0.273. The van der Waals surface area contributed by atoms with Gasteiger partial charge in [-0.25, -0.2) is 0 Å². The number of benzene rings is 1. The number of rotatable bonds is 4. The summed E-state index contributed by atoms with van der Waals surface area (Å²) in [6.45, 7) is 0.846. The number of phenolic OH excluding ortho intramolecular Hbond substituents is 1. The lowest BCUT2D eigenvalue weighted by atomic mass is 9.98. The summed E-state index contributed by atoms with van der Waals surface area (Å²) in [6, 6.07) is 5.24. The molecule has 0 aliphatic heterocycles. The van der Waals surface area contributed by atoms with E-state index in [1.54, 1.807) is 12.1 Å².